The molecule has 0 saturated carbocycles. The van der Waals surface area contributed by atoms with Crippen LogP contribution in [0.4, 0.5) is 10.1 Å². The Labute approximate surface area is 160 Å². The van der Waals surface area contributed by atoms with Crippen molar-refractivity contribution in [2.75, 3.05) is 5.32 Å². The first-order valence-corrected chi connectivity index (χ1v) is 9.23. The highest BCUT2D eigenvalue weighted by molar-refractivity contribution is 7.98. The van der Waals surface area contributed by atoms with Crippen LogP contribution in [0.3, 0.4) is 0 Å². The lowest BCUT2D eigenvalue weighted by atomic mass is 10.2. The zero-order chi connectivity index (χ0) is 19.4. The van der Waals surface area contributed by atoms with Crippen molar-refractivity contribution in [3.8, 4) is 0 Å². The fraction of sp³-hybridized carbons (Fsp3) is 0.200. The van der Waals surface area contributed by atoms with Crippen LogP contribution in [-0.2, 0) is 24.8 Å². The van der Waals surface area contributed by atoms with Gasteiger partial charge in [0.1, 0.15) is 5.82 Å². The molecule has 7 heteroatoms. The Morgan fingerprint density at radius 3 is 2.37 bits per heavy atom. The molecule has 1 fully saturated rings. The number of carbonyl (C=O) groups excluding carboxylic acids is 2. The SMILES string of the molecule is CC1(C)OC(=O)C(=CNc2ccccc2SCc2ccccc2F)C(=O)O1. The van der Waals surface area contributed by atoms with Gasteiger partial charge in [0.25, 0.3) is 5.79 Å². The number of para-hydroxylation sites is 1. The Kier molecular flexibility index (Phi) is 5.51. The van der Waals surface area contributed by atoms with Crippen molar-refractivity contribution in [1.82, 2.24) is 0 Å². The van der Waals surface area contributed by atoms with Crippen LogP contribution in [0.25, 0.3) is 0 Å². The molecule has 140 valence electrons. The fourth-order valence-electron chi connectivity index (χ4n) is 2.41. The average molecular weight is 387 g/mol. The number of hydrogen-bond donors (Lipinski definition) is 1. The molecule has 0 spiro atoms. The standard InChI is InChI=1S/C20H18FNO4S/c1-20(2)25-18(23)14(19(24)26-20)11-22-16-9-5-6-10-17(16)27-12-13-7-3-4-8-15(13)21/h3-11,22H,12H2,1-2H3. The van der Waals surface area contributed by atoms with Crippen LogP contribution in [0.1, 0.15) is 19.4 Å². The molecule has 3 rings (SSSR count). The Balaban J connectivity index is 1.74. The monoisotopic (exact) mass is 387 g/mol. The minimum absolute atomic E-state index is 0.219. The number of cyclic esters (lactones) is 2. The van der Waals surface area contributed by atoms with Gasteiger partial charge < -0.3 is 14.8 Å². The van der Waals surface area contributed by atoms with E-state index in [1.165, 1.54) is 37.9 Å². The molecule has 0 radical (unpaired) electrons. The summed E-state index contributed by atoms with van der Waals surface area (Å²) in [4.78, 5) is 24.8. The van der Waals surface area contributed by atoms with E-state index in [0.29, 0.717) is 17.0 Å². The largest absolute Gasteiger partial charge is 0.419 e. The summed E-state index contributed by atoms with van der Waals surface area (Å²) in [5.41, 5.74) is 1.05. The second-order valence-electron chi connectivity index (χ2n) is 6.26. The van der Waals surface area contributed by atoms with Crippen LogP contribution in [-0.4, -0.2) is 17.7 Å². The second kappa shape index (κ2) is 7.84. The smallest absolute Gasteiger partial charge is 0.350 e. The van der Waals surface area contributed by atoms with Crippen LogP contribution in [0.5, 0.6) is 0 Å². The van der Waals surface area contributed by atoms with Crippen molar-refractivity contribution in [1.29, 1.82) is 0 Å². The predicted molar refractivity (Wildman–Crippen MR) is 100 cm³/mol. The van der Waals surface area contributed by atoms with Crippen LogP contribution in [0.2, 0.25) is 0 Å². The van der Waals surface area contributed by atoms with E-state index in [-0.39, 0.29) is 11.4 Å². The van der Waals surface area contributed by atoms with E-state index in [1.54, 1.807) is 24.3 Å². The fourth-order valence-corrected chi connectivity index (χ4v) is 3.41. The third kappa shape index (κ3) is 4.68. The number of halogens is 1. The van der Waals surface area contributed by atoms with Gasteiger partial charge in [-0.3, -0.25) is 0 Å². The van der Waals surface area contributed by atoms with Crippen molar-refractivity contribution < 1.29 is 23.5 Å². The van der Waals surface area contributed by atoms with Gasteiger partial charge in [-0.2, -0.15) is 0 Å². The summed E-state index contributed by atoms with van der Waals surface area (Å²) in [7, 11) is 0. The number of rotatable bonds is 5. The molecular weight excluding hydrogens is 369 g/mol. The summed E-state index contributed by atoms with van der Waals surface area (Å²) in [5, 5.41) is 2.94. The zero-order valence-corrected chi connectivity index (χ0v) is 15.6. The summed E-state index contributed by atoms with van der Waals surface area (Å²) in [5.74, 6) is -2.59. The molecule has 0 amide bonds. The summed E-state index contributed by atoms with van der Waals surface area (Å²) in [6, 6.07) is 13.9. The number of ether oxygens (including phenoxy) is 2. The molecule has 0 aliphatic carbocycles. The van der Waals surface area contributed by atoms with Gasteiger partial charge >= 0.3 is 11.9 Å². The molecule has 5 nitrogen and oxygen atoms in total. The lowest BCUT2D eigenvalue weighted by Crippen LogP contribution is -2.42. The molecule has 0 atom stereocenters. The summed E-state index contributed by atoms with van der Waals surface area (Å²) < 4.78 is 23.9. The van der Waals surface area contributed by atoms with Crippen molar-refractivity contribution in [3.63, 3.8) is 0 Å². The first kappa shape index (κ1) is 19.0. The number of carbonyl (C=O) groups is 2. The number of benzene rings is 2. The van der Waals surface area contributed by atoms with Crippen molar-refractivity contribution >= 4 is 29.4 Å². The summed E-state index contributed by atoms with van der Waals surface area (Å²) in [6.45, 7) is 2.98. The number of esters is 2. The highest BCUT2D eigenvalue weighted by Crippen LogP contribution is 2.31. The van der Waals surface area contributed by atoms with Crippen molar-refractivity contribution in [2.45, 2.75) is 30.3 Å². The van der Waals surface area contributed by atoms with E-state index < -0.39 is 17.7 Å². The van der Waals surface area contributed by atoms with Crippen LogP contribution >= 0.6 is 11.8 Å². The molecule has 0 unspecified atom stereocenters. The Morgan fingerprint density at radius 1 is 1.04 bits per heavy atom. The third-order valence-electron chi connectivity index (χ3n) is 3.72. The van der Waals surface area contributed by atoms with Gasteiger partial charge in [0.05, 0.1) is 5.69 Å². The molecule has 0 aromatic heterocycles. The normalized spacial score (nSPS) is 15.7. The minimum Gasteiger partial charge on any atom is -0.419 e. The molecule has 2 aromatic carbocycles. The molecular formula is C20H18FNO4S. The van der Waals surface area contributed by atoms with Gasteiger partial charge in [0.2, 0.25) is 0 Å². The maximum absolute atomic E-state index is 13.8. The Bertz CT molecular complexity index is 888. The van der Waals surface area contributed by atoms with Gasteiger partial charge in [0, 0.05) is 30.7 Å². The summed E-state index contributed by atoms with van der Waals surface area (Å²) in [6.07, 6.45) is 1.27. The molecule has 1 aliphatic heterocycles. The molecule has 1 N–H and O–H groups in total. The molecule has 27 heavy (non-hydrogen) atoms. The van der Waals surface area contributed by atoms with Crippen LogP contribution < -0.4 is 5.32 Å². The van der Waals surface area contributed by atoms with Gasteiger partial charge in [-0.25, -0.2) is 14.0 Å². The van der Waals surface area contributed by atoms with Gasteiger partial charge in [-0.15, -0.1) is 11.8 Å². The Morgan fingerprint density at radius 2 is 1.67 bits per heavy atom. The Hall–Kier alpha value is -2.80. The number of anilines is 1. The van der Waals surface area contributed by atoms with E-state index in [9.17, 15) is 14.0 Å². The average Bonchev–Trinajstić information content (AvgIpc) is 2.60. The van der Waals surface area contributed by atoms with Crippen molar-refractivity contribution in [3.05, 3.63) is 71.7 Å². The molecule has 1 saturated heterocycles. The lowest BCUT2D eigenvalue weighted by Gasteiger charge is -2.29. The number of thioether (sulfide) groups is 1. The quantitative estimate of drug-likeness (QED) is 0.358. The van der Waals surface area contributed by atoms with E-state index >= 15 is 0 Å². The van der Waals surface area contributed by atoms with E-state index in [2.05, 4.69) is 5.32 Å². The number of nitrogens with one attached hydrogen (secondary N) is 1. The van der Waals surface area contributed by atoms with E-state index in [0.717, 1.165) is 4.90 Å². The topological polar surface area (TPSA) is 64.6 Å². The minimum atomic E-state index is -1.28. The van der Waals surface area contributed by atoms with E-state index in [4.69, 9.17) is 9.47 Å². The highest BCUT2D eigenvalue weighted by atomic mass is 32.2. The summed E-state index contributed by atoms with van der Waals surface area (Å²) >= 11 is 1.44. The zero-order valence-electron chi connectivity index (χ0n) is 14.8. The molecule has 1 heterocycles. The van der Waals surface area contributed by atoms with Gasteiger partial charge in [0.15, 0.2) is 5.57 Å². The second-order valence-corrected chi connectivity index (χ2v) is 7.27. The third-order valence-corrected chi connectivity index (χ3v) is 4.84. The van der Waals surface area contributed by atoms with E-state index in [1.807, 2.05) is 18.2 Å². The lowest BCUT2D eigenvalue weighted by molar-refractivity contribution is -0.222. The maximum atomic E-state index is 13.8. The van der Waals surface area contributed by atoms with Gasteiger partial charge in [-0.1, -0.05) is 30.3 Å². The predicted octanol–water partition coefficient (Wildman–Crippen LogP) is 4.25. The van der Waals surface area contributed by atoms with Crippen LogP contribution in [0.15, 0.2) is 65.2 Å². The highest BCUT2D eigenvalue weighted by Gasteiger charge is 2.38. The first-order valence-electron chi connectivity index (χ1n) is 8.24. The molecule has 0 bridgehead atoms. The van der Waals surface area contributed by atoms with Crippen molar-refractivity contribution in [2.24, 2.45) is 0 Å². The first-order chi connectivity index (χ1) is 12.9. The van der Waals surface area contributed by atoms with Gasteiger partial charge in [-0.05, 0) is 23.8 Å². The van der Waals surface area contributed by atoms with Crippen LogP contribution in [0, 0.1) is 5.82 Å². The molecule has 1 aliphatic rings. The maximum Gasteiger partial charge on any atom is 0.350 e. The molecule has 2 aromatic rings. The number of hydrogen-bond acceptors (Lipinski definition) is 6.